The van der Waals surface area contributed by atoms with Crippen molar-refractivity contribution in [3.8, 4) is 6.07 Å². The van der Waals surface area contributed by atoms with Gasteiger partial charge in [0.2, 0.25) is 0 Å². The van der Waals surface area contributed by atoms with E-state index in [0.29, 0.717) is 10.3 Å². The third-order valence-electron chi connectivity index (χ3n) is 0.931. The summed E-state index contributed by atoms with van der Waals surface area (Å²) in [5.74, 6) is 0. The predicted molar refractivity (Wildman–Crippen MR) is 30.1 cm³/mol. The van der Waals surface area contributed by atoms with E-state index in [2.05, 4.69) is 0 Å². The molecular formula is C6H4N2O. The second-order valence-electron chi connectivity index (χ2n) is 1.56. The second kappa shape index (κ2) is 2.14. The first kappa shape index (κ1) is 5.57. The van der Waals surface area contributed by atoms with Crippen LogP contribution in [0.15, 0.2) is 24.5 Å². The summed E-state index contributed by atoms with van der Waals surface area (Å²) in [4.78, 5) is 0. The number of nitriles is 1. The summed E-state index contributed by atoms with van der Waals surface area (Å²) in [7, 11) is 0. The minimum Gasteiger partial charge on any atom is -0.619 e. The topological polar surface area (TPSA) is 50.7 Å². The highest BCUT2D eigenvalue weighted by Gasteiger charge is 1.88. The van der Waals surface area contributed by atoms with Gasteiger partial charge in [-0.15, -0.1) is 0 Å². The zero-order valence-corrected chi connectivity index (χ0v) is 4.61. The molecule has 44 valence electrons. The zero-order chi connectivity index (χ0) is 6.69. The Morgan fingerprint density at radius 1 is 1.44 bits per heavy atom. The molecule has 0 aliphatic rings. The minimum absolute atomic E-state index is 0.502. The quantitative estimate of drug-likeness (QED) is 0.362. The SMILES string of the molecule is N#Cc1cc[n+]([O-])cc1. The summed E-state index contributed by atoms with van der Waals surface area (Å²) in [6.45, 7) is 0. The fourth-order valence-electron chi connectivity index (χ4n) is 0.487. The van der Waals surface area contributed by atoms with Gasteiger partial charge in [0.1, 0.15) is 0 Å². The van der Waals surface area contributed by atoms with Gasteiger partial charge < -0.3 is 5.21 Å². The first-order valence-electron chi connectivity index (χ1n) is 2.42. The van der Waals surface area contributed by atoms with Gasteiger partial charge in [0.05, 0.1) is 11.6 Å². The van der Waals surface area contributed by atoms with Crippen LogP contribution in [0, 0.1) is 16.5 Å². The molecule has 3 nitrogen and oxygen atoms in total. The first-order valence-corrected chi connectivity index (χ1v) is 2.42. The molecule has 0 aliphatic carbocycles. The van der Waals surface area contributed by atoms with Crippen molar-refractivity contribution in [1.29, 1.82) is 5.26 Å². The number of pyridine rings is 1. The van der Waals surface area contributed by atoms with Crippen molar-refractivity contribution in [1.82, 2.24) is 0 Å². The molecule has 9 heavy (non-hydrogen) atoms. The molecule has 0 aromatic carbocycles. The van der Waals surface area contributed by atoms with E-state index in [1.807, 2.05) is 6.07 Å². The van der Waals surface area contributed by atoms with Gasteiger partial charge in [-0.25, -0.2) is 0 Å². The maximum atomic E-state index is 10.3. The van der Waals surface area contributed by atoms with Crippen molar-refractivity contribution in [2.75, 3.05) is 0 Å². The number of aromatic nitrogens is 1. The lowest BCUT2D eigenvalue weighted by Crippen LogP contribution is -2.23. The Bertz CT molecular complexity index is 234. The Morgan fingerprint density at radius 2 is 2.00 bits per heavy atom. The van der Waals surface area contributed by atoms with E-state index in [1.165, 1.54) is 24.5 Å². The van der Waals surface area contributed by atoms with Crippen LogP contribution in [0.3, 0.4) is 0 Å². The third kappa shape index (κ3) is 1.16. The zero-order valence-electron chi connectivity index (χ0n) is 4.61. The Hall–Kier alpha value is -1.56. The van der Waals surface area contributed by atoms with Crippen LogP contribution in [0.25, 0.3) is 0 Å². The van der Waals surface area contributed by atoms with Crippen LogP contribution in [0.2, 0.25) is 0 Å². The van der Waals surface area contributed by atoms with E-state index in [0.717, 1.165) is 0 Å². The molecule has 1 rings (SSSR count). The molecule has 1 heterocycles. The Labute approximate surface area is 52.4 Å². The van der Waals surface area contributed by atoms with Crippen LogP contribution in [-0.4, -0.2) is 0 Å². The molecule has 1 aromatic heterocycles. The maximum absolute atomic E-state index is 10.3. The van der Waals surface area contributed by atoms with Gasteiger partial charge in [0.25, 0.3) is 0 Å². The smallest absolute Gasteiger partial charge is 0.181 e. The summed E-state index contributed by atoms with van der Waals surface area (Å²) in [6, 6.07) is 4.83. The molecule has 0 fully saturated rings. The van der Waals surface area contributed by atoms with Gasteiger partial charge in [0.15, 0.2) is 12.4 Å². The van der Waals surface area contributed by atoms with Gasteiger partial charge in [-0.3, -0.25) is 0 Å². The number of nitrogens with zero attached hydrogens (tertiary/aromatic N) is 2. The predicted octanol–water partition coefficient (Wildman–Crippen LogP) is 0.192. The summed E-state index contributed by atoms with van der Waals surface area (Å²) >= 11 is 0. The van der Waals surface area contributed by atoms with Crippen LogP contribution in [0.1, 0.15) is 5.56 Å². The third-order valence-corrected chi connectivity index (χ3v) is 0.931. The standard InChI is InChI=1S/C6H4N2O/c7-5-6-1-3-8(9)4-2-6/h1-4H. The summed E-state index contributed by atoms with van der Waals surface area (Å²) in [6.07, 6.45) is 2.58. The molecule has 0 unspecified atom stereocenters. The van der Waals surface area contributed by atoms with Crippen LogP contribution in [0.5, 0.6) is 0 Å². The highest BCUT2D eigenvalue weighted by atomic mass is 16.5. The van der Waals surface area contributed by atoms with Crippen molar-refractivity contribution in [3.05, 3.63) is 35.3 Å². The average molecular weight is 120 g/mol. The van der Waals surface area contributed by atoms with Crippen LogP contribution < -0.4 is 4.73 Å². The molecule has 0 N–H and O–H groups in total. The van der Waals surface area contributed by atoms with Gasteiger partial charge in [-0.1, -0.05) is 0 Å². The molecule has 0 amide bonds. The van der Waals surface area contributed by atoms with Crippen LogP contribution in [-0.2, 0) is 0 Å². The van der Waals surface area contributed by atoms with Crippen molar-refractivity contribution in [3.63, 3.8) is 0 Å². The molecule has 0 aliphatic heterocycles. The molecule has 0 radical (unpaired) electrons. The Morgan fingerprint density at radius 3 is 2.44 bits per heavy atom. The fourth-order valence-corrected chi connectivity index (χ4v) is 0.487. The number of hydrogen-bond donors (Lipinski definition) is 0. The lowest BCUT2D eigenvalue weighted by atomic mass is 10.3. The Kier molecular flexibility index (Phi) is 1.32. The summed E-state index contributed by atoms with van der Waals surface area (Å²) in [5.41, 5.74) is 0.502. The molecule has 1 aromatic rings. The molecule has 0 atom stereocenters. The van der Waals surface area contributed by atoms with Crippen molar-refractivity contribution in [2.24, 2.45) is 0 Å². The van der Waals surface area contributed by atoms with E-state index in [4.69, 9.17) is 5.26 Å². The van der Waals surface area contributed by atoms with Gasteiger partial charge in [0, 0.05) is 12.1 Å². The lowest BCUT2D eigenvalue weighted by Gasteiger charge is -1.90. The highest BCUT2D eigenvalue weighted by Crippen LogP contribution is 1.88. The fraction of sp³-hybridized carbons (Fsp3) is 0. The van der Waals surface area contributed by atoms with Crippen molar-refractivity contribution in [2.45, 2.75) is 0 Å². The minimum atomic E-state index is 0.502. The number of rotatable bonds is 0. The first-order chi connectivity index (χ1) is 4.33. The second-order valence-corrected chi connectivity index (χ2v) is 1.56. The van der Waals surface area contributed by atoms with Gasteiger partial charge >= 0.3 is 0 Å². The summed E-state index contributed by atoms with van der Waals surface area (Å²) < 4.78 is 0.640. The van der Waals surface area contributed by atoms with E-state index in [9.17, 15) is 5.21 Å². The molecule has 0 spiro atoms. The lowest BCUT2D eigenvalue weighted by molar-refractivity contribution is -0.605. The van der Waals surface area contributed by atoms with Crippen molar-refractivity contribution >= 4 is 0 Å². The van der Waals surface area contributed by atoms with Gasteiger partial charge in [-0.05, 0) is 0 Å². The monoisotopic (exact) mass is 120 g/mol. The highest BCUT2D eigenvalue weighted by molar-refractivity contribution is 5.23. The normalized spacial score (nSPS) is 8.33. The van der Waals surface area contributed by atoms with Crippen LogP contribution in [0.4, 0.5) is 0 Å². The van der Waals surface area contributed by atoms with Gasteiger partial charge in [-0.2, -0.15) is 9.99 Å². The molecule has 3 heteroatoms. The molecule has 0 saturated heterocycles. The van der Waals surface area contributed by atoms with E-state index < -0.39 is 0 Å². The number of hydrogen-bond acceptors (Lipinski definition) is 2. The molecule has 0 bridgehead atoms. The van der Waals surface area contributed by atoms with E-state index in [1.54, 1.807) is 0 Å². The van der Waals surface area contributed by atoms with E-state index >= 15 is 0 Å². The molecular weight excluding hydrogens is 116 g/mol. The Balaban J connectivity index is 3.06. The average Bonchev–Trinajstić information content (AvgIpc) is 1.90. The summed E-state index contributed by atoms with van der Waals surface area (Å²) in [5, 5.41) is 18.6. The van der Waals surface area contributed by atoms with Crippen LogP contribution >= 0.6 is 0 Å². The van der Waals surface area contributed by atoms with E-state index in [-0.39, 0.29) is 0 Å². The van der Waals surface area contributed by atoms with Crippen molar-refractivity contribution < 1.29 is 4.73 Å². The molecule has 0 saturated carbocycles. The largest absolute Gasteiger partial charge is 0.619 e. The maximum Gasteiger partial charge on any atom is 0.181 e.